The predicted molar refractivity (Wildman–Crippen MR) is 248 cm³/mol. The standard InChI is InChI=1S/C49H52N8O4S2/c1-26(30-11-19-34(20-12-30)42-27(2)50-25-62-42)52-46(60)38-23-36(58)24-56(38)47(61)43(49(5,6)7)53-45(59)35-21-15-32(16-22-35)31-13-17-33(18-14-31)41-40-37-9-8-10-39(37)63-48(40)57-29(4)54-55-44(57)28(3)51-41/h11-22,25-26,28,36,38,43,58H,8-10,23-24H2,1-7H3,(H,52,60)(H,53,59)/t26-,28-,36+,38-,43+/m0/s1. The van der Waals surface area contributed by atoms with Gasteiger partial charge in [-0.05, 0) is 92.3 Å². The first-order valence-electron chi connectivity index (χ1n) is 21.6. The van der Waals surface area contributed by atoms with E-state index in [2.05, 4.69) is 61.6 Å². The summed E-state index contributed by atoms with van der Waals surface area (Å²) in [7, 11) is 0. The largest absolute Gasteiger partial charge is 0.391 e. The summed E-state index contributed by atoms with van der Waals surface area (Å²) in [4.78, 5) is 55.5. The summed E-state index contributed by atoms with van der Waals surface area (Å²) in [5, 5.41) is 26.9. The van der Waals surface area contributed by atoms with Crippen molar-refractivity contribution in [2.24, 2.45) is 10.4 Å². The van der Waals surface area contributed by atoms with Crippen molar-refractivity contribution in [3.8, 4) is 26.6 Å². The summed E-state index contributed by atoms with van der Waals surface area (Å²) in [6, 6.07) is 21.4. The maximum atomic E-state index is 14.3. The monoisotopic (exact) mass is 880 g/mol. The summed E-state index contributed by atoms with van der Waals surface area (Å²) in [5.74, 6) is 0.561. The summed E-state index contributed by atoms with van der Waals surface area (Å²) in [6.07, 6.45) is 2.51. The van der Waals surface area contributed by atoms with Gasteiger partial charge in [-0.3, -0.25) is 23.9 Å². The fraction of sp³-hybridized carbons (Fsp3) is 0.367. The van der Waals surface area contributed by atoms with Crippen LogP contribution in [-0.4, -0.2) is 77.9 Å². The Kier molecular flexibility index (Phi) is 11.3. The molecule has 5 atom stereocenters. The van der Waals surface area contributed by atoms with E-state index in [0.29, 0.717) is 5.56 Å². The van der Waals surface area contributed by atoms with E-state index in [1.165, 1.54) is 20.9 Å². The minimum absolute atomic E-state index is 0.00460. The van der Waals surface area contributed by atoms with E-state index in [-0.39, 0.29) is 31.0 Å². The SMILES string of the molecule is Cc1ncsc1-c1ccc([C@H](C)NC(=O)[C@@H]2C[C@@H](O)CN2C(=O)[C@@H](NC(=O)c2ccc(-c3ccc(C4=N[C@@H](C)c5nnc(C)n5-c5sc6c(c54)CCC6)cc3)cc2)C(C)(C)C)cc1. The molecule has 3 aromatic carbocycles. The van der Waals surface area contributed by atoms with Crippen molar-refractivity contribution < 1.29 is 19.5 Å². The summed E-state index contributed by atoms with van der Waals surface area (Å²) < 4.78 is 2.19. The highest BCUT2D eigenvalue weighted by Gasteiger charge is 2.45. The number of fused-ring (bicyclic) bond motifs is 5. The normalized spacial score (nSPS) is 19.1. The third-order valence-electron chi connectivity index (χ3n) is 12.6. The molecule has 324 valence electrons. The van der Waals surface area contributed by atoms with Gasteiger partial charge in [0.2, 0.25) is 11.8 Å². The fourth-order valence-electron chi connectivity index (χ4n) is 9.09. The van der Waals surface area contributed by atoms with Crippen LogP contribution in [0.3, 0.4) is 0 Å². The summed E-state index contributed by atoms with van der Waals surface area (Å²) in [6.45, 7) is 13.6. The molecule has 5 heterocycles. The Hall–Kier alpha value is -5.83. The van der Waals surface area contributed by atoms with E-state index < -0.39 is 35.4 Å². The average molecular weight is 881 g/mol. The number of benzene rings is 3. The molecule has 0 saturated carbocycles. The molecule has 3 aliphatic rings. The second-order valence-corrected chi connectivity index (χ2v) is 20.0. The minimum Gasteiger partial charge on any atom is -0.391 e. The number of carbonyl (C=O) groups excluding carboxylic acids is 3. The van der Waals surface area contributed by atoms with Crippen molar-refractivity contribution >= 4 is 46.1 Å². The average Bonchev–Trinajstić information content (AvgIpc) is 4.11. The molecule has 0 bridgehead atoms. The molecule has 6 aromatic rings. The molecule has 63 heavy (non-hydrogen) atoms. The van der Waals surface area contributed by atoms with E-state index in [0.717, 1.165) is 80.0 Å². The smallest absolute Gasteiger partial charge is 0.251 e. The first kappa shape index (κ1) is 42.5. The van der Waals surface area contributed by atoms with Gasteiger partial charge in [-0.25, -0.2) is 4.98 Å². The number of aliphatic hydroxyl groups is 1. The fourth-order valence-corrected chi connectivity index (χ4v) is 11.3. The first-order chi connectivity index (χ1) is 30.2. The number of likely N-dealkylation sites (tertiary alicyclic amines) is 1. The number of amides is 3. The summed E-state index contributed by atoms with van der Waals surface area (Å²) >= 11 is 3.42. The molecule has 14 heteroatoms. The molecule has 0 spiro atoms. The lowest BCUT2D eigenvalue weighted by atomic mass is 9.85. The number of thiazole rings is 1. The molecule has 9 rings (SSSR count). The van der Waals surface area contributed by atoms with Crippen molar-refractivity contribution in [3.63, 3.8) is 0 Å². The van der Waals surface area contributed by atoms with Crippen LogP contribution in [0.1, 0.15) is 114 Å². The molecule has 3 N–H and O–H groups in total. The molecule has 3 amide bonds. The van der Waals surface area contributed by atoms with E-state index in [1.807, 2.05) is 94.8 Å². The third-order valence-corrected chi connectivity index (χ3v) is 14.8. The van der Waals surface area contributed by atoms with E-state index in [1.54, 1.807) is 23.5 Å². The third kappa shape index (κ3) is 8.04. The van der Waals surface area contributed by atoms with Gasteiger partial charge in [0.1, 0.15) is 29.0 Å². The van der Waals surface area contributed by atoms with Crippen LogP contribution >= 0.6 is 22.7 Å². The van der Waals surface area contributed by atoms with Crippen LogP contribution in [0, 0.1) is 19.3 Å². The second kappa shape index (κ2) is 16.7. The Morgan fingerprint density at radius 1 is 0.873 bits per heavy atom. The van der Waals surface area contributed by atoms with Gasteiger partial charge < -0.3 is 20.6 Å². The van der Waals surface area contributed by atoms with Crippen molar-refractivity contribution in [2.45, 2.75) is 104 Å². The zero-order valence-electron chi connectivity index (χ0n) is 36.6. The molecule has 2 aliphatic heterocycles. The quantitative estimate of drug-likeness (QED) is 0.133. The number of thiophene rings is 1. The summed E-state index contributed by atoms with van der Waals surface area (Å²) in [5.41, 5.74) is 11.0. The molecule has 0 radical (unpaired) electrons. The number of rotatable bonds is 9. The lowest BCUT2D eigenvalue weighted by Gasteiger charge is -2.35. The number of aryl methyl sites for hydroxylation is 3. The van der Waals surface area contributed by atoms with Gasteiger partial charge in [-0.2, -0.15) is 0 Å². The highest BCUT2D eigenvalue weighted by molar-refractivity contribution is 7.15. The van der Waals surface area contributed by atoms with Gasteiger partial charge in [-0.1, -0.05) is 81.4 Å². The van der Waals surface area contributed by atoms with E-state index >= 15 is 0 Å². The zero-order valence-corrected chi connectivity index (χ0v) is 38.2. The van der Waals surface area contributed by atoms with Crippen LogP contribution in [0.2, 0.25) is 0 Å². The maximum absolute atomic E-state index is 14.3. The van der Waals surface area contributed by atoms with E-state index in [4.69, 9.17) is 4.99 Å². The number of aliphatic hydroxyl groups excluding tert-OH is 1. The van der Waals surface area contributed by atoms with Crippen LogP contribution < -0.4 is 10.6 Å². The zero-order chi connectivity index (χ0) is 44.3. The number of aliphatic imine (C=N–C) groups is 1. The number of nitrogens with one attached hydrogen (secondary N) is 2. The number of β-amino-alcohol motifs (C(OH)–C–C–N with tert-alkyl or cyclic N) is 1. The molecular weight excluding hydrogens is 829 g/mol. The van der Waals surface area contributed by atoms with Gasteiger partial charge in [0.15, 0.2) is 5.82 Å². The Bertz CT molecular complexity index is 2740. The number of hydrogen-bond donors (Lipinski definition) is 3. The highest BCUT2D eigenvalue weighted by Crippen LogP contribution is 2.43. The molecule has 0 unspecified atom stereocenters. The Morgan fingerprint density at radius 2 is 1.54 bits per heavy atom. The topological polar surface area (TPSA) is 155 Å². The van der Waals surface area contributed by atoms with Gasteiger partial charge in [0.25, 0.3) is 5.91 Å². The molecule has 12 nitrogen and oxygen atoms in total. The maximum Gasteiger partial charge on any atom is 0.251 e. The first-order valence-corrected chi connectivity index (χ1v) is 23.3. The van der Waals surface area contributed by atoms with Crippen molar-refractivity contribution in [1.29, 1.82) is 0 Å². The van der Waals surface area contributed by atoms with Crippen molar-refractivity contribution in [2.75, 3.05) is 6.54 Å². The molecular formula is C49H52N8O4S2. The van der Waals surface area contributed by atoms with Gasteiger partial charge >= 0.3 is 0 Å². The minimum atomic E-state index is -0.961. The number of hydrogen-bond acceptors (Lipinski definition) is 10. The predicted octanol–water partition coefficient (Wildman–Crippen LogP) is 8.12. The molecule has 1 saturated heterocycles. The Morgan fingerprint density at radius 3 is 2.21 bits per heavy atom. The lowest BCUT2D eigenvalue weighted by molar-refractivity contribution is -0.142. The Balaban J connectivity index is 0.879. The molecule has 3 aromatic heterocycles. The second-order valence-electron chi connectivity index (χ2n) is 18.1. The number of carbonyl (C=O) groups is 3. The van der Waals surface area contributed by atoms with Crippen LogP contribution in [0.25, 0.3) is 26.6 Å². The molecule has 1 fully saturated rings. The van der Waals surface area contributed by atoms with Crippen LogP contribution in [-0.2, 0) is 22.4 Å². The number of aromatic nitrogens is 4. The van der Waals surface area contributed by atoms with Gasteiger partial charge in [0, 0.05) is 34.5 Å². The van der Waals surface area contributed by atoms with Gasteiger partial charge in [-0.15, -0.1) is 32.9 Å². The van der Waals surface area contributed by atoms with Crippen molar-refractivity contribution in [1.82, 2.24) is 35.3 Å². The molecule has 1 aliphatic carbocycles. The van der Waals surface area contributed by atoms with E-state index in [9.17, 15) is 19.5 Å². The highest BCUT2D eigenvalue weighted by atomic mass is 32.1. The number of nitrogens with zero attached hydrogens (tertiary/aromatic N) is 6. The van der Waals surface area contributed by atoms with Crippen LogP contribution in [0.5, 0.6) is 0 Å². The lowest BCUT2D eigenvalue weighted by Crippen LogP contribution is -2.57. The van der Waals surface area contributed by atoms with Crippen molar-refractivity contribution in [3.05, 3.63) is 128 Å². The van der Waals surface area contributed by atoms with Gasteiger partial charge in [0.05, 0.1) is 33.9 Å². The Labute approximate surface area is 375 Å². The van der Waals surface area contributed by atoms with Crippen LogP contribution in [0.4, 0.5) is 0 Å². The van der Waals surface area contributed by atoms with Crippen LogP contribution in [0.15, 0.2) is 83.3 Å².